The maximum absolute atomic E-state index is 5.73. The molecule has 1 atom stereocenters. The van der Waals surface area contributed by atoms with Crippen LogP contribution in [0.25, 0.3) is 0 Å². The summed E-state index contributed by atoms with van der Waals surface area (Å²) in [4.78, 5) is 0. The topological polar surface area (TPSA) is 18.5 Å². The van der Waals surface area contributed by atoms with Crippen LogP contribution in [0.1, 0.15) is 26.2 Å². The van der Waals surface area contributed by atoms with Gasteiger partial charge in [0.25, 0.3) is 0 Å². The van der Waals surface area contributed by atoms with Crippen LogP contribution in [0.2, 0.25) is 0 Å². The van der Waals surface area contributed by atoms with Crippen molar-refractivity contribution in [3.63, 3.8) is 0 Å². The first kappa shape index (κ1) is 14.7. The largest absolute Gasteiger partial charge is 0.380 e. The van der Waals surface area contributed by atoms with Crippen LogP contribution in [0, 0.1) is 0 Å². The van der Waals surface area contributed by atoms with Gasteiger partial charge in [-0.1, -0.05) is 19.8 Å². The Morgan fingerprint density at radius 2 is 1.81 bits per heavy atom. The third-order valence-corrected chi connectivity index (χ3v) is 4.66. The number of hydrogen-bond donors (Lipinski definition) is 0. The zero-order valence-electron chi connectivity index (χ0n) is 10.3. The van der Waals surface area contributed by atoms with Gasteiger partial charge in [0.1, 0.15) is 0 Å². The van der Waals surface area contributed by atoms with E-state index in [0.29, 0.717) is 5.25 Å². The monoisotopic (exact) mass is 264 g/mol. The Morgan fingerprint density at radius 3 is 2.62 bits per heavy atom. The summed E-state index contributed by atoms with van der Waals surface area (Å²) in [5.41, 5.74) is 0. The van der Waals surface area contributed by atoms with E-state index in [9.17, 15) is 0 Å². The van der Waals surface area contributed by atoms with Crippen molar-refractivity contribution in [2.75, 3.05) is 43.7 Å². The van der Waals surface area contributed by atoms with Crippen LogP contribution in [0.4, 0.5) is 0 Å². The highest BCUT2D eigenvalue weighted by atomic mass is 32.2. The van der Waals surface area contributed by atoms with Gasteiger partial charge in [0.15, 0.2) is 0 Å². The lowest BCUT2D eigenvalue weighted by atomic mass is 10.2. The Balaban J connectivity index is 2.19. The molecular weight excluding hydrogens is 240 g/mol. The molecule has 1 fully saturated rings. The average molecular weight is 264 g/mol. The molecule has 1 rings (SSSR count). The van der Waals surface area contributed by atoms with Crippen molar-refractivity contribution in [1.29, 1.82) is 0 Å². The Kier molecular flexibility index (Phi) is 9.87. The summed E-state index contributed by atoms with van der Waals surface area (Å²) in [7, 11) is 0. The van der Waals surface area contributed by atoms with Crippen molar-refractivity contribution in [2.24, 2.45) is 0 Å². The molecule has 2 nitrogen and oxygen atoms in total. The lowest BCUT2D eigenvalue weighted by Gasteiger charge is -2.17. The summed E-state index contributed by atoms with van der Waals surface area (Å²) in [6, 6.07) is 0. The number of thioether (sulfide) groups is 2. The van der Waals surface area contributed by atoms with E-state index >= 15 is 0 Å². The van der Waals surface area contributed by atoms with Crippen molar-refractivity contribution in [3.05, 3.63) is 0 Å². The van der Waals surface area contributed by atoms with Crippen molar-refractivity contribution in [1.82, 2.24) is 0 Å². The van der Waals surface area contributed by atoms with Crippen molar-refractivity contribution < 1.29 is 9.47 Å². The Hall–Kier alpha value is 0.620. The SMILES string of the molecule is CCCCC1COCCSCCOCCS1. The summed E-state index contributed by atoms with van der Waals surface area (Å²) in [5.74, 6) is 3.32. The molecule has 1 unspecified atom stereocenters. The molecule has 1 aliphatic rings. The minimum atomic E-state index is 0.674. The molecule has 1 heterocycles. The summed E-state index contributed by atoms with van der Waals surface area (Å²) >= 11 is 3.95. The minimum Gasteiger partial charge on any atom is -0.380 e. The molecule has 96 valence electrons. The first-order chi connectivity index (χ1) is 7.93. The molecule has 1 saturated heterocycles. The van der Waals surface area contributed by atoms with E-state index in [0.717, 1.165) is 43.7 Å². The third kappa shape index (κ3) is 7.82. The van der Waals surface area contributed by atoms with Gasteiger partial charge in [-0.2, -0.15) is 23.5 Å². The van der Waals surface area contributed by atoms with Gasteiger partial charge in [0.05, 0.1) is 26.4 Å². The van der Waals surface area contributed by atoms with Crippen LogP contribution in [0.3, 0.4) is 0 Å². The van der Waals surface area contributed by atoms with Crippen LogP contribution in [-0.2, 0) is 9.47 Å². The van der Waals surface area contributed by atoms with Gasteiger partial charge in [0, 0.05) is 22.5 Å². The highest BCUT2D eigenvalue weighted by Crippen LogP contribution is 2.18. The fraction of sp³-hybridized carbons (Fsp3) is 1.00. The van der Waals surface area contributed by atoms with Crippen LogP contribution in [0.5, 0.6) is 0 Å². The van der Waals surface area contributed by atoms with Gasteiger partial charge in [-0.05, 0) is 6.42 Å². The zero-order valence-corrected chi connectivity index (χ0v) is 11.9. The van der Waals surface area contributed by atoms with E-state index < -0.39 is 0 Å². The van der Waals surface area contributed by atoms with Gasteiger partial charge >= 0.3 is 0 Å². The van der Waals surface area contributed by atoms with E-state index in [1.165, 1.54) is 19.3 Å². The molecule has 16 heavy (non-hydrogen) atoms. The lowest BCUT2D eigenvalue weighted by molar-refractivity contribution is 0.146. The lowest BCUT2D eigenvalue weighted by Crippen LogP contribution is -2.16. The molecule has 0 saturated carbocycles. The van der Waals surface area contributed by atoms with Gasteiger partial charge in [-0.25, -0.2) is 0 Å². The molecule has 0 spiro atoms. The molecule has 0 bridgehead atoms. The van der Waals surface area contributed by atoms with Crippen LogP contribution >= 0.6 is 23.5 Å². The number of unbranched alkanes of at least 4 members (excludes halogenated alkanes) is 1. The molecule has 0 N–H and O–H groups in total. The summed E-state index contributed by atoms with van der Waals surface area (Å²) < 4.78 is 11.3. The smallest absolute Gasteiger partial charge is 0.0585 e. The first-order valence-corrected chi connectivity index (χ1v) is 8.48. The zero-order chi connectivity index (χ0) is 11.5. The van der Waals surface area contributed by atoms with Crippen LogP contribution < -0.4 is 0 Å². The Bertz CT molecular complexity index is 144. The van der Waals surface area contributed by atoms with Crippen molar-refractivity contribution in [2.45, 2.75) is 31.4 Å². The van der Waals surface area contributed by atoms with Crippen molar-refractivity contribution in [3.8, 4) is 0 Å². The van der Waals surface area contributed by atoms with Crippen LogP contribution in [-0.4, -0.2) is 48.9 Å². The first-order valence-electron chi connectivity index (χ1n) is 6.28. The van der Waals surface area contributed by atoms with Gasteiger partial charge < -0.3 is 9.47 Å². The Labute approximate surface area is 108 Å². The number of ether oxygens (including phenoxy) is 2. The normalized spacial score (nSPS) is 25.7. The number of rotatable bonds is 3. The maximum atomic E-state index is 5.73. The van der Waals surface area contributed by atoms with E-state index in [1.54, 1.807) is 0 Å². The molecule has 4 heteroatoms. The summed E-state index contributed by atoms with van der Waals surface area (Å²) in [5, 5.41) is 0.674. The minimum absolute atomic E-state index is 0.674. The molecule has 0 aromatic heterocycles. The molecule has 0 amide bonds. The third-order valence-electron chi connectivity index (χ3n) is 2.51. The Morgan fingerprint density at radius 1 is 1.06 bits per heavy atom. The van der Waals surface area contributed by atoms with E-state index in [4.69, 9.17) is 9.47 Å². The van der Waals surface area contributed by atoms with Gasteiger partial charge in [-0.3, -0.25) is 0 Å². The fourth-order valence-corrected chi connectivity index (χ4v) is 3.32. The van der Waals surface area contributed by atoms with Crippen LogP contribution in [0.15, 0.2) is 0 Å². The second-order valence-corrected chi connectivity index (χ2v) is 6.57. The maximum Gasteiger partial charge on any atom is 0.0585 e. The van der Waals surface area contributed by atoms with E-state index in [1.807, 2.05) is 23.5 Å². The standard InChI is InChI=1S/C12H24O2S2/c1-2-3-4-12-11-14-6-9-15-8-5-13-7-10-16-12/h12H,2-11H2,1H3. The quantitative estimate of drug-likeness (QED) is 0.779. The number of hydrogen-bond acceptors (Lipinski definition) is 4. The molecule has 0 radical (unpaired) electrons. The van der Waals surface area contributed by atoms with E-state index in [-0.39, 0.29) is 0 Å². The predicted octanol–water partition coefficient (Wildman–Crippen LogP) is 3.06. The highest BCUT2D eigenvalue weighted by Gasteiger charge is 2.09. The summed E-state index contributed by atoms with van der Waals surface area (Å²) in [6.07, 6.45) is 3.88. The predicted molar refractivity (Wildman–Crippen MR) is 74.7 cm³/mol. The second kappa shape index (κ2) is 10.8. The van der Waals surface area contributed by atoms with Gasteiger partial charge in [-0.15, -0.1) is 0 Å². The molecular formula is C12H24O2S2. The molecule has 1 aliphatic heterocycles. The second-order valence-electron chi connectivity index (χ2n) is 3.93. The fourth-order valence-electron chi connectivity index (χ4n) is 1.57. The molecule has 0 aromatic rings. The highest BCUT2D eigenvalue weighted by molar-refractivity contribution is 8.00. The molecule has 0 aliphatic carbocycles. The van der Waals surface area contributed by atoms with E-state index in [2.05, 4.69) is 6.92 Å². The molecule has 0 aromatic carbocycles. The van der Waals surface area contributed by atoms with Crippen molar-refractivity contribution >= 4 is 23.5 Å². The average Bonchev–Trinajstić information content (AvgIpc) is 2.28. The summed E-state index contributed by atoms with van der Waals surface area (Å²) in [6.45, 7) is 5.86. The van der Waals surface area contributed by atoms with Gasteiger partial charge in [0.2, 0.25) is 0 Å².